The van der Waals surface area contributed by atoms with Crippen molar-refractivity contribution in [1.82, 2.24) is 9.97 Å². The normalized spacial score (nSPS) is 10.4. The second-order valence-electron chi connectivity index (χ2n) is 3.95. The topological polar surface area (TPSA) is 47.0 Å². The molecule has 0 aliphatic rings. The first-order chi connectivity index (χ1) is 8.72. The van der Waals surface area contributed by atoms with Gasteiger partial charge in [-0.3, -0.25) is 4.98 Å². The third kappa shape index (κ3) is 2.98. The minimum Gasteiger partial charge on any atom is -0.493 e. The number of anilines is 1. The van der Waals surface area contributed by atoms with Crippen molar-refractivity contribution in [1.29, 1.82) is 0 Å². The second-order valence-corrected chi connectivity index (χ2v) is 5.15. The lowest BCUT2D eigenvalue weighted by Gasteiger charge is -2.10. The molecule has 5 heteroatoms. The highest BCUT2D eigenvalue weighted by molar-refractivity contribution is 7.11. The van der Waals surface area contributed by atoms with E-state index in [1.807, 2.05) is 19.2 Å². The SMILES string of the molecule is CCc1cnc(CNc2cc(C)ncc2OC)s1. The van der Waals surface area contributed by atoms with Crippen LogP contribution in [0.2, 0.25) is 0 Å². The maximum Gasteiger partial charge on any atom is 0.160 e. The van der Waals surface area contributed by atoms with Gasteiger partial charge in [0, 0.05) is 16.8 Å². The first-order valence-corrected chi connectivity index (χ1v) is 6.72. The zero-order valence-corrected chi connectivity index (χ0v) is 11.7. The number of rotatable bonds is 5. The van der Waals surface area contributed by atoms with Gasteiger partial charge in [-0.1, -0.05) is 6.92 Å². The molecule has 4 nitrogen and oxygen atoms in total. The van der Waals surface area contributed by atoms with Gasteiger partial charge in [0.05, 0.1) is 25.5 Å². The van der Waals surface area contributed by atoms with E-state index in [2.05, 4.69) is 22.2 Å². The highest BCUT2D eigenvalue weighted by atomic mass is 32.1. The van der Waals surface area contributed by atoms with Gasteiger partial charge in [-0.2, -0.15) is 0 Å². The number of methoxy groups -OCH3 is 1. The Hall–Kier alpha value is -1.62. The molecule has 1 N–H and O–H groups in total. The fourth-order valence-electron chi connectivity index (χ4n) is 1.61. The lowest BCUT2D eigenvalue weighted by Crippen LogP contribution is -2.02. The Labute approximate surface area is 111 Å². The number of hydrogen-bond donors (Lipinski definition) is 1. The molecule has 0 atom stereocenters. The quantitative estimate of drug-likeness (QED) is 0.900. The van der Waals surface area contributed by atoms with Crippen LogP contribution in [0.25, 0.3) is 0 Å². The third-order valence-corrected chi connectivity index (χ3v) is 3.75. The Morgan fingerprint density at radius 2 is 2.17 bits per heavy atom. The molecule has 0 fully saturated rings. The van der Waals surface area contributed by atoms with Crippen LogP contribution in [0.5, 0.6) is 5.75 Å². The summed E-state index contributed by atoms with van der Waals surface area (Å²) in [5.74, 6) is 0.757. The minimum atomic E-state index is 0.713. The monoisotopic (exact) mass is 263 g/mol. The highest BCUT2D eigenvalue weighted by Gasteiger charge is 2.05. The Morgan fingerprint density at radius 1 is 1.33 bits per heavy atom. The summed E-state index contributed by atoms with van der Waals surface area (Å²) in [6.07, 6.45) is 4.71. The van der Waals surface area contributed by atoms with Crippen LogP contribution in [-0.4, -0.2) is 17.1 Å². The van der Waals surface area contributed by atoms with Crippen LogP contribution in [0, 0.1) is 6.92 Å². The van der Waals surface area contributed by atoms with Crippen molar-refractivity contribution >= 4 is 17.0 Å². The summed E-state index contributed by atoms with van der Waals surface area (Å²) in [5.41, 5.74) is 1.92. The van der Waals surface area contributed by atoms with Gasteiger partial charge in [-0.15, -0.1) is 11.3 Å². The van der Waals surface area contributed by atoms with E-state index in [0.29, 0.717) is 6.54 Å². The van der Waals surface area contributed by atoms with Crippen LogP contribution in [-0.2, 0) is 13.0 Å². The average molecular weight is 263 g/mol. The van der Waals surface area contributed by atoms with Gasteiger partial charge >= 0.3 is 0 Å². The van der Waals surface area contributed by atoms with Crippen LogP contribution in [0.15, 0.2) is 18.5 Å². The number of hydrogen-bond acceptors (Lipinski definition) is 5. The van der Waals surface area contributed by atoms with Gasteiger partial charge < -0.3 is 10.1 Å². The summed E-state index contributed by atoms with van der Waals surface area (Å²) >= 11 is 1.74. The average Bonchev–Trinajstić information content (AvgIpc) is 2.84. The van der Waals surface area contributed by atoms with E-state index in [1.165, 1.54) is 4.88 Å². The number of ether oxygens (including phenoxy) is 1. The number of nitrogens with one attached hydrogen (secondary N) is 1. The van der Waals surface area contributed by atoms with Crippen LogP contribution in [0.3, 0.4) is 0 Å². The molecule has 2 heterocycles. The smallest absolute Gasteiger partial charge is 0.160 e. The number of thiazole rings is 1. The zero-order valence-electron chi connectivity index (χ0n) is 10.9. The molecular formula is C13H17N3OS. The number of nitrogens with zero attached hydrogens (tertiary/aromatic N) is 2. The standard InChI is InChI=1S/C13H17N3OS/c1-4-10-6-16-13(18-10)8-15-11-5-9(2)14-7-12(11)17-3/h5-7H,4,8H2,1-3H3,(H,14,15). The van der Waals surface area contributed by atoms with E-state index < -0.39 is 0 Å². The fourth-order valence-corrected chi connectivity index (χ4v) is 2.41. The molecule has 0 unspecified atom stereocenters. The van der Waals surface area contributed by atoms with Crippen molar-refractivity contribution in [3.63, 3.8) is 0 Å². The van der Waals surface area contributed by atoms with Gasteiger partial charge in [0.2, 0.25) is 0 Å². The van der Waals surface area contributed by atoms with Gasteiger partial charge in [0.15, 0.2) is 5.75 Å². The molecule has 0 bridgehead atoms. The number of aryl methyl sites for hydroxylation is 2. The van der Waals surface area contributed by atoms with Crippen LogP contribution >= 0.6 is 11.3 Å². The minimum absolute atomic E-state index is 0.713. The zero-order chi connectivity index (χ0) is 13.0. The van der Waals surface area contributed by atoms with Crippen molar-refractivity contribution < 1.29 is 4.74 Å². The van der Waals surface area contributed by atoms with E-state index >= 15 is 0 Å². The van der Waals surface area contributed by atoms with Crippen molar-refractivity contribution in [3.8, 4) is 5.75 Å². The molecule has 18 heavy (non-hydrogen) atoms. The van der Waals surface area contributed by atoms with Gasteiger partial charge in [-0.05, 0) is 19.4 Å². The highest BCUT2D eigenvalue weighted by Crippen LogP contribution is 2.24. The third-order valence-electron chi connectivity index (χ3n) is 2.60. The van der Waals surface area contributed by atoms with E-state index in [0.717, 1.165) is 28.6 Å². The molecule has 0 radical (unpaired) electrons. The first-order valence-electron chi connectivity index (χ1n) is 5.91. The summed E-state index contributed by atoms with van der Waals surface area (Å²) in [6.45, 7) is 4.81. The molecule has 2 rings (SSSR count). The predicted molar refractivity (Wildman–Crippen MR) is 74.3 cm³/mol. The van der Waals surface area contributed by atoms with E-state index in [1.54, 1.807) is 24.6 Å². The summed E-state index contributed by atoms with van der Waals surface area (Å²) in [7, 11) is 1.65. The van der Waals surface area contributed by atoms with E-state index in [4.69, 9.17) is 4.74 Å². The van der Waals surface area contributed by atoms with Crippen molar-refractivity contribution in [2.75, 3.05) is 12.4 Å². The molecule has 2 aromatic rings. The molecule has 0 amide bonds. The van der Waals surface area contributed by atoms with Crippen LogP contribution < -0.4 is 10.1 Å². The van der Waals surface area contributed by atoms with Gasteiger partial charge in [-0.25, -0.2) is 4.98 Å². The maximum atomic E-state index is 5.27. The molecule has 0 saturated heterocycles. The van der Waals surface area contributed by atoms with Crippen molar-refractivity contribution in [2.45, 2.75) is 26.8 Å². The molecular weight excluding hydrogens is 246 g/mol. The van der Waals surface area contributed by atoms with Gasteiger partial charge in [0.1, 0.15) is 5.01 Å². The Kier molecular flexibility index (Phi) is 4.15. The number of pyridine rings is 1. The number of aromatic nitrogens is 2. The molecule has 2 aromatic heterocycles. The van der Waals surface area contributed by atoms with Crippen LogP contribution in [0.4, 0.5) is 5.69 Å². The first kappa shape index (κ1) is 12.8. The summed E-state index contributed by atoms with van der Waals surface area (Å²) in [6, 6.07) is 1.98. The van der Waals surface area contributed by atoms with Gasteiger partial charge in [0.25, 0.3) is 0 Å². The maximum absolute atomic E-state index is 5.27. The summed E-state index contributed by atoms with van der Waals surface area (Å²) in [5, 5.41) is 4.43. The Balaban J connectivity index is 2.07. The second kappa shape index (κ2) is 5.82. The van der Waals surface area contributed by atoms with Crippen molar-refractivity contribution in [3.05, 3.63) is 34.0 Å². The lowest BCUT2D eigenvalue weighted by atomic mass is 10.3. The molecule has 0 spiro atoms. The summed E-state index contributed by atoms with van der Waals surface area (Å²) < 4.78 is 5.27. The fraction of sp³-hybridized carbons (Fsp3) is 0.385. The van der Waals surface area contributed by atoms with Crippen LogP contribution in [0.1, 0.15) is 22.5 Å². The molecule has 0 aliphatic heterocycles. The summed E-state index contributed by atoms with van der Waals surface area (Å²) in [4.78, 5) is 9.89. The molecule has 0 aromatic carbocycles. The van der Waals surface area contributed by atoms with Crippen molar-refractivity contribution in [2.24, 2.45) is 0 Å². The van der Waals surface area contributed by atoms with E-state index in [9.17, 15) is 0 Å². The van der Waals surface area contributed by atoms with E-state index in [-0.39, 0.29) is 0 Å². The molecule has 96 valence electrons. The largest absolute Gasteiger partial charge is 0.493 e. The molecule has 0 saturated carbocycles. The molecule has 0 aliphatic carbocycles. The lowest BCUT2D eigenvalue weighted by molar-refractivity contribution is 0.414. The Bertz CT molecular complexity index is 525. The Morgan fingerprint density at radius 3 is 2.83 bits per heavy atom. The predicted octanol–water partition coefficient (Wildman–Crippen LogP) is 3.03.